The third-order valence-electron chi connectivity index (χ3n) is 7.22. The van der Waals surface area contributed by atoms with Crippen LogP contribution in [0.15, 0.2) is 48.8 Å². The van der Waals surface area contributed by atoms with Crippen molar-refractivity contribution in [3.05, 3.63) is 65.8 Å². The lowest BCUT2D eigenvalue weighted by Gasteiger charge is -2.31. The number of hydrogen-bond donors (Lipinski definition) is 3. The maximum absolute atomic E-state index is 13.8. The molecule has 9 nitrogen and oxygen atoms in total. The highest BCUT2D eigenvalue weighted by molar-refractivity contribution is 5.85. The van der Waals surface area contributed by atoms with Gasteiger partial charge >= 0.3 is 0 Å². The molecule has 1 aliphatic heterocycles. The smallest absolute Gasteiger partial charge is 0.243 e. The second kappa shape index (κ2) is 11.3. The van der Waals surface area contributed by atoms with E-state index >= 15 is 0 Å². The molecule has 2 aromatic heterocycles. The zero-order valence-electron chi connectivity index (χ0n) is 21.1. The van der Waals surface area contributed by atoms with Crippen molar-refractivity contribution in [2.75, 3.05) is 24.3 Å². The predicted octanol–water partition coefficient (Wildman–Crippen LogP) is 5.25. The number of hydrogen-bond acceptors (Lipinski definition) is 6. The Labute approximate surface area is 217 Å². The summed E-state index contributed by atoms with van der Waals surface area (Å²) in [6.07, 6.45) is 11.3. The van der Waals surface area contributed by atoms with Crippen LogP contribution in [0.2, 0.25) is 0 Å². The number of aromatic nitrogens is 3. The van der Waals surface area contributed by atoms with Crippen LogP contribution in [0.3, 0.4) is 0 Å². The van der Waals surface area contributed by atoms with Crippen LogP contribution in [0.5, 0.6) is 5.75 Å². The Bertz CT molecular complexity index is 1260. The van der Waals surface area contributed by atoms with Gasteiger partial charge in [-0.1, -0.05) is 44.2 Å². The van der Waals surface area contributed by atoms with Crippen molar-refractivity contribution in [1.82, 2.24) is 19.9 Å². The summed E-state index contributed by atoms with van der Waals surface area (Å²) in [5, 5.41) is 9.75. The minimum atomic E-state index is -0.436. The van der Waals surface area contributed by atoms with Crippen molar-refractivity contribution in [2.24, 2.45) is 5.92 Å². The fourth-order valence-corrected chi connectivity index (χ4v) is 5.28. The van der Waals surface area contributed by atoms with E-state index in [-0.39, 0.29) is 11.9 Å². The Morgan fingerprint density at radius 1 is 1.16 bits per heavy atom. The second-order valence-corrected chi connectivity index (χ2v) is 9.74. The van der Waals surface area contributed by atoms with Crippen LogP contribution in [0.25, 0.3) is 10.7 Å². The van der Waals surface area contributed by atoms with Crippen molar-refractivity contribution in [1.29, 1.82) is 0 Å². The number of anilines is 2. The zero-order valence-corrected chi connectivity index (χ0v) is 21.1. The normalized spacial score (nSPS) is 18.1. The monoisotopic (exact) mass is 499 g/mol. The van der Waals surface area contributed by atoms with E-state index in [4.69, 9.17) is 11.3 Å². The molecular formula is C28H33N7O2. The molecule has 1 saturated carbocycles. The van der Waals surface area contributed by atoms with Crippen LogP contribution < -0.4 is 20.7 Å². The van der Waals surface area contributed by atoms with Crippen LogP contribution in [-0.4, -0.2) is 40.1 Å². The fraction of sp³-hybridized carbons (Fsp3) is 0.429. The van der Waals surface area contributed by atoms with Crippen molar-refractivity contribution in [2.45, 2.75) is 57.0 Å². The van der Waals surface area contributed by atoms with Gasteiger partial charge in [0.15, 0.2) is 5.69 Å². The first-order chi connectivity index (χ1) is 18.1. The van der Waals surface area contributed by atoms with Crippen LogP contribution in [0.4, 0.5) is 17.5 Å². The third-order valence-corrected chi connectivity index (χ3v) is 7.22. The van der Waals surface area contributed by atoms with Crippen LogP contribution in [0, 0.1) is 12.5 Å². The molecular weight excluding hydrogens is 466 g/mol. The molecule has 2 atom stereocenters. The summed E-state index contributed by atoms with van der Waals surface area (Å²) >= 11 is 0. The van der Waals surface area contributed by atoms with Crippen molar-refractivity contribution in [3.63, 3.8) is 0 Å². The van der Waals surface area contributed by atoms with Gasteiger partial charge < -0.3 is 25.3 Å². The number of amides is 1. The molecule has 0 radical (unpaired) electrons. The van der Waals surface area contributed by atoms with Gasteiger partial charge in [0.25, 0.3) is 0 Å². The summed E-state index contributed by atoms with van der Waals surface area (Å²) < 4.78 is 7.71. The number of nitrogens with zero attached hydrogens (tertiary/aromatic N) is 4. The highest BCUT2D eigenvalue weighted by atomic mass is 16.5. The summed E-state index contributed by atoms with van der Waals surface area (Å²) in [7, 11) is 1.78. The summed E-state index contributed by atoms with van der Waals surface area (Å²) in [6.45, 7) is 7.77. The number of ether oxygens (including phenoxy) is 1. The van der Waals surface area contributed by atoms with Gasteiger partial charge in [0.2, 0.25) is 11.9 Å². The lowest BCUT2D eigenvalue weighted by atomic mass is 9.84. The standard InChI is InChI=1S/C28H33N7O2/c1-29-20-10-11-21-22(12-15-37-24(21)17-20)32-27(36)23(16-19-8-4-3-5-9-19)31-25-18-26(34-28(30-2)33-25)35-13-6-7-14-35/h6-7,10-11,13-14,17-19,22-23H,3-5,8-9,12,15-16H2,2H3,(H,32,36)(H2,30,31,33,34)/t22-,23+/m0/s1. The van der Waals surface area contributed by atoms with Gasteiger partial charge in [-0.25, -0.2) is 4.85 Å². The number of benzene rings is 1. The number of rotatable bonds is 8. The Balaban J connectivity index is 1.39. The van der Waals surface area contributed by atoms with E-state index in [9.17, 15) is 4.79 Å². The van der Waals surface area contributed by atoms with Gasteiger partial charge in [0.05, 0.1) is 19.2 Å². The molecule has 37 heavy (non-hydrogen) atoms. The SMILES string of the molecule is [C-]#[N+]c1ccc2c(c1)OCC[C@@H]2NC(=O)[C@@H](CC1CCCCC1)Nc1cc(-n2cccc2)nc(NC)n1. The molecule has 3 aromatic rings. The third kappa shape index (κ3) is 5.85. The average Bonchev–Trinajstić information content (AvgIpc) is 3.48. The van der Waals surface area contributed by atoms with Crippen molar-refractivity contribution >= 4 is 23.4 Å². The predicted molar refractivity (Wildman–Crippen MR) is 143 cm³/mol. The van der Waals surface area contributed by atoms with Crippen molar-refractivity contribution in [3.8, 4) is 11.6 Å². The first-order valence-corrected chi connectivity index (χ1v) is 13.0. The molecule has 1 aromatic carbocycles. The first-order valence-electron chi connectivity index (χ1n) is 13.0. The molecule has 1 fully saturated rings. The average molecular weight is 500 g/mol. The number of nitrogens with one attached hydrogen (secondary N) is 3. The number of fused-ring (bicyclic) bond motifs is 1. The van der Waals surface area contributed by atoms with E-state index in [1.807, 2.05) is 41.2 Å². The zero-order chi connectivity index (χ0) is 25.6. The van der Waals surface area contributed by atoms with Gasteiger partial charge in [-0.2, -0.15) is 9.97 Å². The minimum absolute atomic E-state index is 0.0511. The molecule has 192 valence electrons. The molecule has 9 heteroatoms. The lowest BCUT2D eigenvalue weighted by molar-refractivity contribution is -0.123. The highest BCUT2D eigenvalue weighted by Gasteiger charge is 2.29. The molecule has 3 heterocycles. The molecule has 0 saturated heterocycles. The largest absolute Gasteiger partial charge is 0.494 e. The summed E-state index contributed by atoms with van der Waals surface area (Å²) in [5.74, 6) is 2.93. The van der Waals surface area contributed by atoms with E-state index in [1.165, 1.54) is 19.3 Å². The Kier molecular flexibility index (Phi) is 7.54. The quantitative estimate of drug-likeness (QED) is 0.366. The molecule has 1 aliphatic carbocycles. The summed E-state index contributed by atoms with van der Waals surface area (Å²) in [5.41, 5.74) is 1.45. The molecule has 1 amide bonds. The van der Waals surface area contributed by atoms with E-state index in [1.54, 1.807) is 19.2 Å². The Morgan fingerprint density at radius 2 is 1.97 bits per heavy atom. The Hall–Kier alpha value is -4.06. The fourth-order valence-electron chi connectivity index (χ4n) is 5.28. The van der Waals surface area contributed by atoms with Gasteiger partial charge in [0, 0.05) is 37.5 Å². The van der Waals surface area contributed by atoms with E-state index < -0.39 is 6.04 Å². The van der Waals surface area contributed by atoms with Gasteiger partial charge in [0.1, 0.15) is 23.4 Å². The van der Waals surface area contributed by atoms with Gasteiger partial charge in [-0.15, -0.1) is 0 Å². The molecule has 5 rings (SSSR count). The molecule has 2 aliphatic rings. The maximum Gasteiger partial charge on any atom is 0.243 e. The van der Waals surface area contributed by atoms with E-state index in [0.29, 0.717) is 42.1 Å². The number of carbonyl (C=O) groups excluding carboxylic acids is 1. The molecule has 0 spiro atoms. The van der Waals surface area contributed by atoms with Crippen LogP contribution >= 0.6 is 0 Å². The summed E-state index contributed by atoms with van der Waals surface area (Å²) in [6, 6.07) is 10.6. The maximum atomic E-state index is 13.8. The van der Waals surface area contributed by atoms with E-state index in [2.05, 4.69) is 30.8 Å². The minimum Gasteiger partial charge on any atom is -0.494 e. The number of carbonyl (C=O) groups is 1. The molecule has 3 N–H and O–H groups in total. The highest BCUT2D eigenvalue weighted by Crippen LogP contribution is 2.35. The van der Waals surface area contributed by atoms with E-state index in [0.717, 1.165) is 30.6 Å². The Morgan fingerprint density at radius 3 is 2.73 bits per heavy atom. The lowest BCUT2D eigenvalue weighted by Crippen LogP contribution is -2.43. The van der Waals surface area contributed by atoms with Crippen LogP contribution in [-0.2, 0) is 4.79 Å². The van der Waals surface area contributed by atoms with Gasteiger partial charge in [-0.3, -0.25) is 4.79 Å². The second-order valence-electron chi connectivity index (χ2n) is 9.74. The van der Waals surface area contributed by atoms with Crippen molar-refractivity contribution < 1.29 is 9.53 Å². The molecule has 0 bridgehead atoms. The van der Waals surface area contributed by atoms with Gasteiger partial charge in [-0.05, 0) is 30.5 Å². The first kappa shape index (κ1) is 24.6. The topological polar surface area (TPSA) is 97.5 Å². The molecule has 0 unspecified atom stereocenters. The summed E-state index contributed by atoms with van der Waals surface area (Å²) in [4.78, 5) is 26.4. The van der Waals surface area contributed by atoms with Crippen LogP contribution in [0.1, 0.15) is 56.6 Å².